The smallest absolute Gasteiger partial charge is 0.238 e. The second kappa shape index (κ2) is 5.79. The Morgan fingerprint density at radius 1 is 1.16 bits per heavy atom. The van der Waals surface area contributed by atoms with Crippen molar-refractivity contribution in [2.75, 3.05) is 31.6 Å². The van der Waals surface area contributed by atoms with Crippen molar-refractivity contribution in [2.24, 2.45) is 0 Å². The Hall–Kier alpha value is -0.620. The zero-order valence-corrected chi connectivity index (χ0v) is 12.7. The fourth-order valence-corrected chi connectivity index (χ4v) is 4.04. The third-order valence-corrected chi connectivity index (χ3v) is 5.99. The summed E-state index contributed by atoms with van der Waals surface area (Å²) in [6.07, 6.45) is 4.29. The van der Waals surface area contributed by atoms with Crippen molar-refractivity contribution in [2.45, 2.75) is 44.7 Å². The zero-order chi connectivity index (χ0) is 14.0. The predicted molar refractivity (Wildman–Crippen MR) is 74.7 cm³/mol. The number of sulfone groups is 1. The Kier molecular flexibility index (Phi) is 4.50. The topological polar surface area (TPSA) is 57.7 Å². The zero-order valence-electron chi connectivity index (χ0n) is 11.8. The van der Waals surface area contributed by atoms with Crippen molar-refractivity contribution in [1.82, 2.24) is 9.80 Å². The molecule has 5 nitrogen and oxygen atoms in total. The molecule has 0 saturated carbocycles. The van der Waals surface area contributed by atoms with Gasteiger partial charge in [-0.25, -0.2) is 8.42 Å². The van der Waals surface area contributed by atoms with Gasteiger partial charge in [-0.1, -0.05) is 6.92 Å². The third kappa shape index (κ3) is 3.28. The van der Waals surface area contributed by atoms with Crippen LogP contribution in [0.1, 0.15) is 32.6 Å². The normalized spacial score (nSPS) is 29.1. The number of likely N-dealkylation sites (N-methyl/N-ethyl adjacent to an activating group) is 1. The lowest BCUT2D eigenvalue weighted by molar-refractivity contribution is -0.130. The molecule has 0 aliphatic carbocycles. The van der Waals surface area contributed by atoms with Gasteiger partial charge in [0.05, 0.1) is 0 Å². The molecular formula is C13H24N2O3S. The molecule has 1 amide bonds. The maximum Gasteiger partial charge on any atom is 0.238 e. The summed E-state index contributed by atoms with van der Waals surface area (Å²) in [6, 6.07) is 0.628. The van der Waals surface area contributed by atoms with E-state index in [4.69, 9.17) is 0 Å². The molecular weight excluding hydrogens is 264 g/mol. The summed E-state index contributed by atoms with van der Waals surface area (Å²) >= 11 is 0. The van der Waals surface area contributed by atoms with Gasteiger partial charge in [0.2, 0.25) is 5.91 Å². The molecule has 110 valence electrons. The maximum atomic E-state index is 12.2. The first-order chi connectivity index (χ1) is 8.94. The van der Waals surface area contributed by atoms with Crippen LogP contribution in [-0.2, 0) is 14.6 Å². The summed E-state index contributed by atoms with van der Waals surface area (Å²) in [5.41, 5.74) is 0. The fraction of sp³-hybridized carbons (Fsp3) is 0.923. The first kappa shape index (κ1) is 14.8. The number of hydrogen-bond donors (Lipinski definition) is 0. The minimum Gasteiger partial charge on any atom is -0.337 e. The van der Waals surface area contributed by atoms with E-state index in [1.807, 2.05) is 4.90 Å². The average molecular weight is 288 g/mol. The molecule has 2 fully saturated rings. The highest BCUT2D eigenvalue weighted by Crippen LogP contribution is 2.29. The molecule has 2 aliphatic rings. The van der Waals surface area contributed by atoms with E-state index >= 15 is 0 Å². The number of likely N-dealkylation sites (tertiary alicyclic amines) is 2. The van der Waals surface area contributed by atoms with Gasteiger partial charge in [0.15, 0.2) is 9.84 Å². The van der Waals surface area contributed by atoms with Crippen LogP contribution in [0.2, 0.25) is 0 Å². The van der Waals surface area contributed by atoms with Crippen LogP contribution in [0, 0.1) is 0 Å². The molecule has 0 unspecified atom stereocenters. The van der Waals surface area contributed by atoms with Crippen molar-refractivity contribution in [1.29, 1.82) is 0 Å². The largest absolute Gasteiger partial charge is 0.337 e. The minimum atomic E-state index is -3.22. The molecule has 2 rings (SSSR count). The Morgan fingerprint density at radius 2 is 1.79 bits per heavy atom. The fourth-order valence-electron chi connectivity index (χ4n) is 3.30. The van der Waals surface area contributed by atoms with Crippen LogP contribution >= 0.6 is 0 Å². The van der Waals surface area contributed by atoms with Crippen LogP contribution in [0.5, 0.6) is 0 Å². The van der Waals surface area contributed by atoms with E-state index in [0.717, 1.165) is 25.8 Å². The van der Waals surface area contributed by atoms with Gasteiger partial charge in [-0.15, -0.1) is 0 Å². The third-order valence-electron chi connectivity index (χ3n) is 4.42. The van der Waals surface area contributed by atoms with Gasteiger partial charge in [0.25, 0.3) is 0 Å². The minimum absolute atomic E-state index is 0.0422. The van der Waals surface area contributed by atoms with Crippen LogP contribution in [0.25, 0.3) is 0 Å². The summed E-state index contributed by atoms with van der Waals surface area (Å²) in [6.45, 7) is 3.39. The molecule has 6 heteroatoms. The molecule has 0 bridgehead atoms. The van der Waals surface area contributed by atoms with Gasteiger partial charge in [-0.3, -0.25) is 4.79 Å². The molecule has 2 heterocycles. The van der Waals surface area contributed by atoms with Crippen LogP contribution in [0.4, 0.5) is 0 Å². The van der Waals surface area contributed by atoms with E-state index in [1.165, 1.54) is 6.42 Å². The Balaban J connectivity index is 2.04. The van der Waals surface area contributed by atoms with Crippen LogP contribution in [0.15, 0.2) is 0 Å². The van der Waals surface area contributed by atoms with Gasteiger partial charge in [0.1, 0.15) is 5.75 Å². The Bertz CT molecular complexity index is 435. The molecule has 2 saturated heterocycles. The number of rotatable bonds is 4. The molecule has 0 aromatic heterocycles. The first-order valence-electron chi connectivity index (χ1n) is 7.14. The predicted octanol–water partition coefficient (Wildman–Crippen LogP) is 0.506. The number of carbonyl (C=O) groups excluding carboxylic acids is 1. The maximum absolute atomic E-state index is 12.2. The Labute approximate surface area is 115 Å². The first-order valence-corrected chi connectivity index (χ1v) is 8.97. The Morgan fingerprint density at radius 3 is 2.37 bits per heavy atom. The molecule has 2 atom stereocenters. The standard InChI is InChI=1S/C13H24N2O3S/c1-3-19(17,18)10-13(16)15-9-5-7-12(15)11-6-4-8-14(11)2/h11-12H,3-10H2,1-2H3/t11-,12-/m0/s1. The lowest BCUT2D eigenvalue weighted by atomic mass is 10.0. The number of nitrogens with zero attached hydrogens (tertiary/aromatic N) is 2. The SMILES string of the molecule is CCS(=O)(=O)CC(=O)N1CCC[C@H]1[C@@H]1CCCN1C. The van der Waals surface area contributed by atoms with E-state index in [0.29, 0.717) is 12.6 Å². The van der Waals surface area contributed by atoms with Crippen molar-refractivity contribution < 1.29 is 13.2 Å². The van der Waals surface area contributed by atoms with Crippen LogP contribution in [-0.4, -0.2) is 67.9 Å². The van der Waals surface area contributed by atoms with Gasteiger partial charge in [-0.05, 0) is 39.3 Å². The number of carbonyl (C=O) groups is 1. The van der Waals surface area contributed by atoms with E-state index in [2.05, 4.69) is 11.9 Å². The average Bonchev–Trinajstić information content (AvgIpc) is 2.96. The quantitative estimate of drug-likeness (QED) is 0.756. The van der Waals surface area contributed by atoms with E-state index in [-0.39, 0.29) is 23.5 Å². The van der Waals surface area contributed by atoms with E-state index in [9.17, 15) is 13.2 Å². The monoisotopic (exact) mass is 288 g/mol. The van der Waals surface area contributed by atoms with Crippen LogP contribution < -0.4 is 0 Å². The summed E-state index contributed by atoms with van der Waals surface area (Å²) < 4.78 is 23.2. The molecule has 0 N–H and O–H groups in total. The van der Waals surface area contributed by atoms with Crippen molar-refractivity contribution in [3.05, 3.63) is 0 Å². The van der Waals surface area contributed by atoms with Gasteiger partial charge in [0, 0.05) is 24.4 Å². The lowest BCUT2D eigenvalue weighted by Gasteiger charge is -2.33. The molecule has 0 spiro atoms. The highest BCUT2D eigenvalue weighted by molar-refractivity contribution is 7.92. The highest BCUT2D eigenvalue weighted by atomic mass is 32.2. The van der Waals surface area contributed by atoms with E-state index < -0.39 is 9.84 Å². The molecule has 19 heavy (non-hydrogen) atoms. The highest BCUT2D eigenvalue weighted by Gasteiger charge is 2.38. The molecule has 0 aromatic carbocycles. The molecule has 0 radical (unpaired) electrons. The van der Waals surface area contributed by atoms with Gasteiger partial charge >= 0.3 is 0 Å². The van der Waals surface area contributed by atoms with Crippen molar-refractivity contribution in [3.63, 3.8) is 0 Å². The number of hydrogen-bond acceptors (Lipinski definition) is 4. The van der Waals surface area contributed by atoms with Gasteiger partial charge in [-0.2, -0.15) is 0 Å². The van der Waals surface area contributed by atoms with E-state index in [1.54, 1.807) is 6.92 Å². The summed E-state index contributed by atoms with van der Waals surface area (Å²) in [4.78, 5) is 16.4. The summed E-state index contributed by atoms with van der Waals surface area (Å²) in [5.74, 6) is -0.485. The second-order valence-corrected chi connectivity index (χ2v) is 8.02. The van der Waals surface area contributed by atoms with Crippen molar-refractivity contribution in [3.8, 4) is 0 Å². The van der Waals surface area contributed by atoms with Crippen molar-refractivity contribution >= 4 is 15.7 Å². The van der Waals surface area contributed by atoms with Crippen LogP contribution in [0.3, 0.4) is 0 Å². The van der Waals surface area contributed by atoms with Gasteiger partial charge < -0.3 is 9.80 Å². The lowest BCUT2D eigenvalue weighted by Crippen LogP contribution is -2.48. The summed E-state index contributed by atoms with van der Waals surface area (Å²) in [5, 5.41) is 0. The molecule has 0 aromatic rings. The number of amides is 1. The second-order valence-electron chi connectivity index (χ2n) is 5.66. The molecule has 2 aliphatic heterocycles. The summed E-state index contributed by atoms with van der Waals surface area (Å²) in [7, 11) is -1.12.